The van der Waals surface area contributed by atoms with Gasteiger partial charge in [0.15, 0.2) is 5.11 Å². The van der Waals surface area contributed by atoms with Gasteiger partial charge in [-0.05, 0) is 48.3 Å². The van der Waals surface area contributed by atoms with E-state index in [1.165, 1.54) is 0 Å². The lowest BCUT2D eigenvalue weighted by molar-refractivity contribution is -0.118. The summed E-state index contributed by atoms with van der Waals surface area (Å²) in [6.07, 6.45) is 0.861. The summed E-state index contributed by atoms with van der Waals surface area (Å²) in [4.78, 5) is 26.1. The molecule has 3 N–H and O–H groups in total. The normalized spacial score (nSPS) is 10.6. The molecule has 0 saturated heterocycles. The Kier molecular flexibility index (Phi) is 9.94. The lowest BCUT2D eigenvalue weighted by Crippen LogP contribution is -2.44. The van der Waals surface area contributed by atoms with E-state index >= 15 is 0 Å². The number of carbonyl (C=O) groups excluding carboxylic acids is 2. The van der Waals surface area contributed by atoms with E-state index < -0.39 is 5.91 Å². The number of primary amides is 1. The van der Waals surface area contributed by atoms with Crippen molar-refractivity contribution in [3.8, 4) is 5.75 Å². The highest BCUT2D eigenvalue weighted by molar-refractivity contribution is 9.10. The quantitative estimate of drug-likeness (QED) is 0.478. The number of rotatable bonds is 10. The van der Waals surface area contributed by atoms with Crippen molar-refractivity contribution < 1.29 is 14.3 Å². The van der Waals surface area contributed by atoms with Crippen LogP contribution in [-0.4, -0.2) is 41.5 Å². The number of nitrogens with one attached hydrogen (secondary N) is 1. The maximum absolute atomic E-state index is 13.0. The van der Waals surface area contributed by atoms with Crippen LogP contribution in [0.1, 0.15) is 36.2 Å². The van der Waals surface area contributed by atoms with Gasteiger partial charge in [0.25, 0.3) is 5.91 Å². The fraction of sp³-hybridized carbons (Fsp3) is 0.348. The molecular formula is C23H28BrN3O3S. The van der Waals surface area contributed by atoms with Gasteiger partial charge in [-0.2, -0.15) is 0 Å². The number of ether oxygens (including phenoxy) is 1. The Hall–Kier alpha value is -2.45. The van der Waals surface area contributed by atoms with Gasteiger partial charge in [-0.1, -0.05) is 60.1 Å². The molecule has 0 radical (unpaired) electrons. The number of thiocarbonyl (C=S) groups is 1. The van der Waals surface area contributed by atoms with E-state index in [2.05, 4.69) is 21.2 Å². The number of carbonyl (C=O) groups is 2. The number of hydrogen-bond acceptors (Lipinski definition) is 4. The van der Waals surface area contributed by atoms with Gasteiger partial charge in [-0.3, -0.25) is 14.9 Å². The number of nitrogens with two attached hydrogens (primary N) is 1. The second-order valence-corrected chi connectivity index (χ2v) is 8.85. The molecule has 0 aromatic heterocycles. The van der Waals surface area contributed by atoms with E-state index in [1.54, 1.807) is 17.0 Å². The molecule has 166 valence electrons. The molecule has 0 unspecified atom stereocenters. The summed E-state index contributed by atoms with van der Waals surface area (Å²) in [5.74, 6) is 0.0251. The molecule has 0 heterocycles. The molecule has 0 spiro atoms. The molecule has 2 aromatic rings. The van der Waals surface area contributed by atoms with E-state index in [9.17, 15) is 9.59 Å². The molecule has 31 heavy (non-hydrogen) atoms. The first-order valence-corrected chi connectivity index (χ1v) is 11.3. The van der Waals surface area contributed by atoms with Crippen LogP contribution in [-0.2, 0) is 11.2 Å². The van der Waals surface area contributed by atoms with Crippen LogP contribution < -0.4 is 15.8 Å². The number of hydrogen-bond donors (Lipinski definition) is 2. The monoisotopic (exact) mass is 505 g/mol. The second-order valence-electron chi connectivity index (χ2n) is 7.54. The predicted octanol–water partition coefficient (Wildman–Crippen LogP) is 3.92. The molecular weight excluding hydrogens is 478 g/mol. The zero-order chi connectivity index (χ0) is 22.8. The molecule has 0 aliphatic carbocycles. The molecule has 0 atom stereocenters. The summed E-state index contributed by atoms with van der Waals surface area (Å²) in [5.41, 5.74) is 6.84. The van der Waals surface area contributed by atoms with Gasteiger partial charge in [0.1, 0.15) is 5.75 Å². The predicted molar refractivity (Wildman–Crippen MR) is 130 cm³/mol. The van der Waals surface area contributed by atoms with Crippen molar-refractivity contribution in [2.75, 3.05) is 19.7 Å². The summed E-state index contributed by atoms with van der Waals surface area (Å²) in [7, 11) is 0. The first-order chi connectivity index (χ1) is 14.8. The fourth-order valence-corrected chi connectivity index (χ4v) is 3.41. The zero-order valence-electron chi connectivity index (χ0n) is 17.8. The molecule has 6 nitrogen and oxygen atoms in total. The van der Waals surface area contributed by atoms with E-state index in [0.29, 0.717) is 36.9 Å². The van der Waals surface area contributed by atoms with Gasteiger partial charge < -0.3 is 15.4 Å². The van der Waals surface area contributed by atoms with Crippen molar-refractivity contribution in [2.45, 2.75) is 26.7 Å². The van der Waals surface area contributed by atoms with Crippen LogP contribution in [0, 0.1) is 5.92 Å². The molecule has 2 aromatic carbocycles. The smallest absolute Gasteiger partial charge is 0.261 e. The average Bonchev–Trinajstić information content (AvgIpc) is 2.73. The number of halogens is 1. The Morgan fingerprint density at radius 3 is 2.52 bits per heavy atom. The van der Waals surface area contributed by atoms with Gasteiger partial charge in [-0.25, -0.2) is 0 Å². The molecule has 8 heteroatoms. The van der Waals surface area contributed by atoms with Gasteiger partial charge >= 0.3 is 0 Å². The highest BCUT2D eigenvalue weighted by atomic mass is 79.9. The first-order valence-electron chi connectivity index (χ1n) is 10.1. The van der Waals surface area contributed by atoms with Crippen LogP contribution >= 0.6 is 28.1 Å². The SMILES string of the molecule is CC(C)COc1ccc(Br)cc1C(=O)NC(=S)N(CCC(N)=O)CCc1ccccc1. The van der Waals surface area contributed by atoms with Crippen LogP contribution in [0.15, 0.2) is 53.0 Å². The van der Waals surface area contributed by atoms with Crippen molar-refractivity contribution >= 4 is 45.1 Å². The van der Waals surface area contributed by atoms with Crippen LogP contribution in [0.25, 0.3) is 0 Å². The molecule has 0 aliphatic rings. The van der Waals surface area contributed by atoms with E-state index in [4.69, 9.17) is 22.7 Å². The number of benzene rings is 2. The molecule has 2 rings (SSSR count). The summed E-state index contributed by atoms with van der Waals surface area (Å²) in [6.45, 7) is 5.45. The summed E-state index contributed by atoms with van der Waals surface area (Å²) in [5, 5.41) is 3.02. The Morgan fingerprint density at radius 2 is 1.87 bits per heavy atom. The Labute approximate surface area is 197 Å². The summed E-state index contributed by atoms with van der Waals surface area (Å²) in [6, 6.07) is 15.2. The van der Waals surface area contributed by atoms with Crippen molar-refractivity contribution in [3.63, 3.8) is 0 Å². The molecule has 0 aliphatic heterocycles. The van der Waals surface area contributed by atoms with Crippen molar-refractivity contribution in [1.29, 1.82) is 0 Å². The van der Waals surface area contributed by atoms with Crippen LogP contribution in [0.2, 0.25) is 0 Å². The topological polar surface area (TPSA) is 84.7 Å². The van der Waals surface area contributed by atoms with Gasteiger partial charge in [-0.15, -0.1) is 0 Å². The Balaban J connectivity index is 2.11. The highest BCUT2D eigenvalue weighted by Gasteiger charge is 2.18. The van der Waals surface area contributed by atoms with Crippen molar-refractivity contribution in [3.05, 3.63) is 64.1 Å². The van der Waals surface area contributed by atoms with Gasteiger partial charge in [0.05, 0.1) is 12.2 Å². The van der Waals surface area contributed by atoms with Gasteiger partial charge in [0.2, 0.25) is 5.91 Å². The maximum Gasteiger partial charge on any atom is 0.261 e. The third-order valence-electron chi connectivity index (χ3n) is 4.41. The number of amides is 2. The number of nitrogens with zero attached hydrogens (tertiary/aromatic N) is 1. The van der Waals surface area contributed by atoms with Crippen LogP contribution in [0.5, 0.6) is 5.75 Å². The molecule has 0 bridgehead atoms. The largest absolute Gasteiger partial charge is 0.492 e. The van der Waals surface area contributed by atoms with E-state index in [-0.39, 0.29) is 17.4 Å². The molecule has 0 fully saturated rings. The van der Waals surface area contributed by atoms with Gasteiger partial charge in [0, 0.05) is 24.0 Å². The minimum absolute atomic E-state index is 0.143. The Bertz CT molecular complexity index is 906. The van der Waals surface area contributed by atoms with Crippen LogP contribution in [0.3, 0.4) is 0 Å². The minimum atomic E-state index is -0.421. The minimum Gasteiger partial charge on any atom is -0.492 e. The molecule has 2 amide bonds. The highest BCUT2D eigenvalue weighted by Crippen LogP contribution is 2.24. The third-order valence-corrected chi connectivity index (χ3v) is 5.26. The lowest BCUT2D eigenvalue weighted by Gasteiger charge is -2.25. The molecule has 0 saturated carbocycles. The van der Waals surface area contributed by atoms with E-state index in [0.717, 1.165) is 16.5 Å². The summed E-state index contributed by atoms with van der Waals surface area (Å²) < 4.78 is 6.56. The van der Waals surface area contributed by atoms with Crippen LogP contribution in [0.4, 0.5) is 0 Å². The van der Waals surface area contributed by atoms with E-state index in [1.807, 2.05) is 50.2 Å². The summed E-state index contributed by atoms with van der Waals surface area (Å²) >= 11 is 8.89. The lowest BCUT2D eigenvalue weighted by atomic mass is 10.1. The maximum atomic E-state index is 13.0. The van der Waals surface area contributed by atoms with Crippen molar-refractivity contribution in [2.24, 2.45) is 11.7 Å². The standard InChI is InChI=1S/C23H28BrN3O3S/c1-16(2)15-30-20-9-8-18(24)14-19(20)22(29)26-23(31)27(13-11-21(25)28)12-10-17-6-4-3-5-7-17/h3-9,14,16H,10-13,15H2,1-2H3,(H2,25,28)(H,26,29,31). The third kappa shape index (κ3) is 8.67. The van der Waals surface area contributed by atoms with Crippen molar-refractivity contribution in [1.82, 2.24) is 10.2 Å². The second kappa shape index (κ2) is 12.4. The fourth-order valence-electron chi connectivity index (χ4n) is 2.77. The zero-order valence-corrected chi connectivity index (χ0v) is 20.2. The average molecular weight is 506 g/mol. The Morgan fingerprint density at radius 1 is 1.16 bits per heavy atom. The first kappa shape index (κ1) is 24.8.